The van der Waals surface area contributed by atoms with Crippen molar-refractivity contribution in [2.24, 2.45) is 0 Å². The van der Waals surface area contributed by atoms with Crippen LogP contribution in [0.25, 0.3) is 5.69 Å². The number of hydrogen-bond acceptors (Lipinski definition) is 5. The number of halogens is 4. The fraction of sp³-hybridized carbons (Fsp3) is 0.263. The Labute approximate surface area is 175 Å². The number of hydrogen-bond donors (Lipinski definition) is 0. The maximum Gasteiger partial charge on any atom is 0.417 e. The van der Waals surface area contributed by atoms with E-state index in [0.717, 1.165) is 12.1 Å². The zero-order valence-electron chi connectivity index (χ0n) is 15.9. The summed E-state index contributed by atoms with van der Waals surface area (Å²) in [5.74, 6) is -1.31. The third kappa shape index (κ3) is 4.51. The minimum Gasteiger partial charge on any atom is -0.475 e. The summed E-state index contributed by atoms with van der Waals surface area (Å²) in [6, 6.07) is 8.62. The van der Waals surface area contributed by atoms with Crippen molar-refractivity contribution in [1.82, 2.24) is 24.9 Å². The van der Waals surface area contributed by atoms with Gasteiger partial charge in [-0.05, 0) is 18.2 Å². The highest BCUT2D eigenvalue weighted by molar-refractivity contribution is 7.53. The van der Waals surface area contributed by atoms with Crippen molar-refractivity contribution in [3.05, 3.63) is 66.1 Å². The van der Waals surface area contributed by atoms with Gasteiger partial charge in [0.2, 0.25) is 5.88 Å². The van der Waals surface area contributed by atoms with Gasteiger partial charge in [0.25, 0.3) is 5.91 Å². The molecule has 0 saturated carbocycles. The summed E-state index contributed by atoms with van der Waals surface area (Å²) < 4.78 is 58.0. The molecule has 0 N–H and O–H groups in total. The summed E-state index contributed by atoms with van der Waals surface area (Å²) in [4.78, 5) is 19.5. The largest absolute Gasteiger partial charge is 0.475 e. The molecule has 3 heterocycles. The average molecular weight is 453 g/mol. The Morgan fingerprint density at radius 3 is 2.58 bits per heavy atom. The third-order valence-corrected chi connectivity index (χ3v) is 6.41. The van der Waals surface area contributed by atoms with Crippen LogP contribution in [0.4, 0.5) is 17.4 Å². The van der Waals surface area contributed by atoms with Crippen LogP contribution in [0.5, 0.6) is 5.88 Å². The number of benzene rings is 1. The van der Waals surface area contributed by atoms with E-state index in [1.165, 1.54) is 22.1 Å². The standard InChI is InChI=1S/C19H16F4N5O2P/c20-19(21,22)13-5-6-16(24-11-13)30-12-17-27(9-10-31(17)23)18(29)14-3-1-2-4-15(14)28-25-7-8-26-28/h1-8,11,17H,9-10,12H2. The van der Waals surface area contributed by atoms with Crippen molar-refractivity contribution in [1.29, 1.82) is 0 Å². The van der Waals surface area contributed by atoms with Crippen molar-refractivity contribution in [2.45, 2.75) is 12.0 Å². The monoisotopic (exact) mass is 453 g/mol. The number of carbonyl (C=O) groups excluding carboxylic acids is 1. The van der Waals surface area contributed by atoms with Crippen molar-refractivity contribution >= 4 is 14.1 Å². The summed E-state index contributed by atoms with van der Waals surface area (Å²) in [5.41, 5.74) is -0.146. The molecule has 12 heteroatoms. The van der Waals surface area contributed by atoms with Crippen LogP contribution < -0.4 is 4.74 Å². The van der Waals surface area contributed by atoms with Gasteiger partial charge in [-0.1, -0.05) is 12.1 Å². The zero-order chi connectivity index (χ0) is 22.0. The molecule has 162 valence electrons. The Bertz CT molecular complexity index is 1050. The van der Waals surface area contributed by atoms with Gasteiger partial charge in [-0.25, -0.2) is 9.18 Å². The van der Waals surface area contributed by atoms with E-state index in [0.29, 0.717) is 17.4 Å². The molecule has 2 aromatic heterocycles. The first-order valence-corrected chi connectivity index (χ1v) is 10.7. The van der Waals surface area contributed by atoms with E-state index >= 15 is 0 Å². The number of carbonyl (C=O) groups is 1. The Balaban J connectivity index is 1.50. The molecule has 0 radical (unpaired) electrons. The first-order chi connectivity index (χ1) is 14.8. The van der Waals surface area contributed by atoms with Gasteiger partial charge >= 0.3 is 6.18 Å². The minimum absolute atomic E-state index is 0.0724. The van der Waals surface area contributed by atoms with E-state index < -0.39 is 31.7 Å². The Morgan fingerprint density at radius 1 is 1.16 bits per heavy atom. The number of aromatic nitrogens is 4. The molecule has 1 aromatic carbocycles. The molecule has 31 heavy (non-hydrogen) atoms. The second kappa shape index (κ2) is 8.58. The van der Waals surface area contributed by atoms with E-state index in [4.69, 9.17) is 4.74 Å². The summed E-state index contributed by atoms with van der Waals surface area (Å²) in [6.45, 7) is -0.00906. The minimum atomic E-state index is -4.51. The van der Waals surface area contributed by atoms with Gasteiger partial charge in [0.15, 0.2) is 0 Å². The average Bonchev–Trinajstić information content (AvgIpc) is 3.41. The molecule has 2 atom stereocenters. The van der Waals surface area contributed by atoms with E-state index in [9.17, 15) is 22.2 Å². The second-order valence-electron chi connectivity index (χ2n) is 6.63. The lowest BCUT2D eigenvalue weighted by molar-refractivity contribution is -0.137. The van der Waals surface area contributed by atoms with E-state index in [1.807, 2.05) is 0 Å². The van der Waals surface area contributed by atoms with Gasteiger partial charge in [-0.2, -0.15) is 28.2 Å². The fourth-order valence-corrected chi connectivity index (χ4v) is 4.64. The van der Waals surface area contributed by atoms with Crippen LogP contribution in [0.2, 0.25) is 0 Å². The Hall–Kier alpha value is -3.07. The molecular formula is C19H16F4N5O2P. The van der Waals surface area contributed by atoms with Crippen molar-refractivity contribution in [3.63, 3.8) is 0 Å². The normalized spacial score (nSPS) is 18.9. The fourth-order valence-electron chi connectivity index (χ4n) is 3.18. The van der Waals surface area contributed by atoms with Crippen LogP contribution in [0.1, 0.15) is 15.9 Å². The number of alkyl halides is 3. The lowest BCUT2D eigenvalue weighted by Crippen LogP contribution is -2.38. The highest BCUT2D eigenvalue weighted by Crippen LogP contribution is 2.49. The van der Waals surface area contributed by atoms with Gasteiger partial charge in [0.1, 0.15) is 20.6 Å². The molecule has 3 aromatic rings. The highest BCUT2D eigenvalue weighted by atomic mass is 31.2. The van der Waals surface area contributed by atoms with Gasteiger partial charge in [-0.15, -0.1) is 0 Å². The number of ether oxygens (including phenoxy) is 1. The topological polar surface area (TPSA) is 73.1 Å². The predicted octanol–water partition coefficient (Wildman–Crippen LogP) is 3.91. The molecule has 7 nitrogen and oxygen atoms in total. The first kappa shape index (κ1) is 21.2. The lowest BCUT2D eigenvalue weighted by Gasteiger charge is -2.25. The van der Waals surface area contributed by atoms with E-state index in [1.54, 1.807) is 24.3 Å². The number of rotatable bonds is 5. The summed E-state index contributed by atoms with van der Waals surface area (Å²) >= 11 is 0. The quantitative estimate of drug-likeness (QED) is 0.433. The first-order valence-electron chi connectivity index (χ1n) is 9.20. The number of nitrogens with zero attached hydrogens (tertiary/aromatic N) is 5. The Morgan fingerprint density at radius 2 is 1.90 bits per heavy atom. The van der Waals surface area contributed by atoms with Crippen LogP contribution in [-0.4, -0.2) is 55.9 Å². The maximum absolute atomic E-state index is 14.6. The molecule has 1 aliphatic heterocycles. The molecule has 1 fully saturated rings. The molecule has 1 saturated heterocycles. The molecule has 0 aliphatic carbocycles. The molecule has 0 bridgehead atoms. The van der Waals surface area contributed by atoms with Crippen LogP contribution in [0.15, 0.2) is 55.0 Å². The number of para-hydroxylation sites is 1. The van der Waals surface area contributed by atoms with Gasteiger partial charge in [-0.3, -0.25) is 4.79 Å². The Kier molecular flexibility index (Phi) is 5.86. The van der Waals surface area contributed by atoms with E-state index in [-0.39, 0.29) is 25.2 Å². The number of amides is 1. The summed E-state index contributed by atoms with van der Waals surface area (Å²) in [5, 5.41) is 8.08. The molecular weight excluding hydrogens is 437 g/mol. The van der Waals surface area contributed by atoms with Gasteiger partial charge in [0.05, 0.1) is 29.2 Å². The van der Waals surface area contributed by atoms with Crippen molar-refractivity contribution in [3.8, 4) is 11.6 Å². The SMILES string of the molecule is O=C(c1ccccc1-n1nccn1)N1CCP(F)C1COc1ccc(C(F)(F)F)cn1. The molecule has 1 amide bonds. The lowest BCUT2D eigenvalue weighted by atomic mass is 10.1. The third-order valence-electron chi connectivity index (χ3n) is 4.71. The molecule has 2 unspecified atom stereocenters. The van der Waals surface area contributed by atoms with Crippen LogP contribution >= 0.6 is 8.23 Å². The number of pyridine rings is 1. The molecule has 1 aliphatic rings. The van der Waals surface area contributed by atoms with Crippen molar-refractivity contribution in [2.75, 3.05) is 19.3 Å². The van der Waals surface area contributed by atoms with Gasteiger partial charge in [0, 0.05) is 25.0 Å². The van der Waals surface area contributed by atoms with Gasteiger partial charge < -0.3 is 9.64 Å². The zero-order valence-corrected chi connectivity index (χ0v) is 16.8. The van der Waals surface area contributed by atoms with Crippen LogP contribution in [-0.2, 0) is 6.18 Å². The van der Waals surface area contributed by atoms with E-state index in [2.05, 4.69) is 15.2 Å². The summed E-state index contributed by atoms with van der Waals surface area (Å²) in [6.07, 6.45) is -0.711. The molecule has 4 rings (SSSR count). The maximum atomic E-state index is 14.6. The highest BCUT2D eigenvalue weighted by Gasteiger charge is 2.39. The predicted molar refractivity (Wildman–Crippen MR) is 104 cm³/mol. The van der Waals surface area contributed by atoms with Crippen LogP contribution in [0, 0.1) is 0 Å². The smallest absolute Gasteiger partial charge is 0.417 e. The van der Waals surface area contributed by atoms with Crippen molar-refractivity contribution < 1.29 is 26.9 Å². The second-order valence-corrected chi connectivity index (χ2v) is 8.47. The van der Waals surface area contributed by atoms with Crippen LogP contribution in [0.3, 0.4) is 0 Å². The summed E-state index contributed by atoms with van der Waals surface area (Å²) in [7, 11) is -2.03. The molecule has 0 spiro atoms.